The summed E-state index contributed by atoms with van der Waals surface area (Å²) in [5, 5.41) is 2.86. The van der Waals surface area contributed by atoms with Crippen molar-refractivity contribution in [2.75, 3.05) is 26.7 Å². The van der Waals surface area contributed by atoms with Crippen LogP contribution in [0.1, 0.15) is 37.7 Å². The van der Waals surface area contributed by atoms with E-state index >= 15 is 0 Å². The SMILES string of the molecule is COc1ccc(CCC(=O)N2CCCCC2CNC(=O)CCN)cc1F.Cl. The second-order valence-electron chi connectivity index (χ2n) is 6.55. The summed E-state index contributed by atoms with van der Waals surface area (Å²) in [5.41, 5.74) is 6.14. The molecule has 2 amide bonds. The molecule has 1 saturated heterocycles. The summed E-state index contributed by atoms with van der Waals surface area (Å²) >= 11 is 0. The molecule has 0 spiro atoms. The van der Waals surface area contributed by atoms with Crippen LogP contribution in [0.5, 0.6) is 5.75 Å². The van der Waals surface area contributed by atoms with Gasteiger partial charge in [0.25, 0.3) is 0 Å². The minimum absolute atomic E-state index is 0. The molecule has 2 rings (SSSR count). The predicted octanol–water partition coefficient (Wildman–Crippen LogP) is 2.03. The molecule has 0 aromatic heterocycles. The second-order valence-corrected chi connectivity index (χ2v) is 6.55. The number of hydrogen-bond donors (Lipinski definition) is 2. The van der Waals surface area contributed by atoms with Gasteiger partial charge in [0.2, 0.25) is 11.8 Å². The van der Waals surface area contributed by atoms with Crippen molar-refractivity contribution in [1.82, 2.24) is 10.2 Å². The molecule has 1 fully saturated rings. The number of nitrogens with two attached hydrogens (primary N) is 1. The third-order valence-corrected chi connectivity index (χ3v) is 4.70. The predicted molar refractivity (Wildman–Crippen MR) is 105 cm³/mol. The fourth-order valence-corrected chi connectivity index (χ4v) is 3.25. The van der Waals surface area contributed by atoms with Crippen LogP contribution in [-0.2, 0) is 16.0 Å². The molecular formula is C19H29ClFN3O3. The lowest BCUT2D eigenvalue weighted by Gasteiger charge is -2.36. The van der Waals surface area contributed by atoms with Gasteiger partial charge in [-0.05, 0) is 43.4 Å². The zero-order valence-electron chi connectivity index (χ0n) is 15.7. The molecule has 0 bridgehead atoms. The van der Waals surface area contributed by atoms with Crippen molar-refractivity contribution in [3.05, 3.63) is 29.6 Å². The topological polar surface area (TPSA) is 84.7 Å². The van der Waals surface area contributed by atoms with E-state index in [-0.39, 0.29) is 36.0 Å². The quantitative estimate of drug-likeness (QED) is 0.698. The van der Waals surface area contributed by atoms with Crippen LogP contribution in [0.2, 0.25) is 0 Å². The summed E-state index contributed by atoms with van der Waals surface area (Å²) in [6.07, 6.45) is 3.98. The molecule has 1 atom stereocenters. The van der Waals surface area contributed by atoms with Crippen LogP contribution in [0, 0.1) is 5.82 Å². The van der Waals surface area contributed by atoms with E-state index in [1.54, 1.807) is 12.1 Å². The molecule has 1 aromatic carbocycles. The largest absolute Gasteiger partial charge is 0.494 e. The molecule has 1 unspecified atom stereocenters. The highest BCUT2D eigenvalue weighted by Crippen LogP contribution is 2.21. The van der Waals surface area contributed by atoms with Gasteiger partial charge in [0.15, 0.2) is 11.6 Å². The number of ether oxygens (including phenoxy) is 1. The highest BCUT2D eigenvalue weighted by Gasteiger charge is 2.26. The van der Waals surface area contributed by atoms with E-state index in [1.807, 2.05) is 4.90 Å². The Hall–Kier alpha value is -1.86. The molecule has 8 heteroatoms. The second kappa shape index (κ2) is 11.8. The van der Waals surface area contributed by atoms with Gasteiger partial charge in [-0.15, -0.1) is 12.4 Å². The molecule has 1 aromatic rings. The highest BCUT2D eigenvalue weighted by atomic mass is 35.5. The van der Waals surface area contributed by atoms with Crippen LogP contribution in [0.15, 0.2) is 18.2 Å². The van der Waals surface area contributed by atoms with Gasteiger partial charge in [-0.25, -0.2) is 4.39 Å². The molecule has 0 aliphatic carbocycles. The van der Waals surface area contributed by atoms with Crippen molar-refractivity contribution in [2.45, 2.75) is 44.6 Å². The summed E-state index contributed by atoms with van der Waals surface area (Å²) in [6, 6.07) is 4.78. The van der Waals surface area contributed by atoms with Crippen LogP contribution < -0.4 is 15.8 Å². The number of benzene rings is 1. The third kappa shape index (κ3) is 6.99. The molecule has 1 heterocycles. The van der Waals surface area contributed by atoms with Crippen molar-refractivity contribution in [3.8, 4) is 5.75 Å². The number of carbonyl (C=O) groups is 2. The molecule has 3 N–H and O–H groups in total. The van der Waals surface area contributed by atoms with Crippen molar-refractivity contribution in [2.24, 2.45) is 5.73 Å². The normalized spacial score (nSPS) is 16.4. The standard InChI is InChI=1S/C19H28FN3O3.ClH/c1-26-17-7-5-14(12-16(17)20)6-8-19(25)23-11-3-2-4-15(23)13-22-18(24)9-10-21;/h5,7,12,15H,2-4,6,8-11,13,21H2,1H3,(H,22,24);1H. The fraction of sp³-hybridized carbons (Fsp3) is 0.579. The van der Waals surface area contributed by atoms with Crippen LogP contribution in [0.25, 0.3) is 0 Å². The molecule has 1 aliphatic heterocycles. The molecule has 1 aliphatic rings. The Bertz CT molecular complexity index is 630. The summed E-state index contributed by atoms with van der Waals surface area (Å²) < 4.78 is 18.7. The Morgan fingerprint density at radius 2 is 2.11 bits per heavy atom. The fourth-order valence-electron chi connectivity index (χ4n) is 3.25. The number of nitrogens with zero attached hydrogens (tertiary/aromatic N) is 1. The van der Waals surface area contributed by atoms with E-state index in [4.69, 9.17) is 10.5 Å². The molecule has 6 nitrogen and oxygen atoms in total. The first-order chi connectivity index (χ1) is 12.5. The Balaban J connectivity index is 0.00000364. The first kappa shape index (κ1) is 23.2. The number of piperidine rings is 1. The Morgan fingerprint density at radius 3 is 2.78 bits per heavy atom. The average Bonchev–Trinajstić information content (AvgIpc) is 2.65. The van der Waals surface area contributed by atoms with Gasteiger partial charge in [0.05, 0.1) is 7.11 Å². The smallest absolute Gasteiger partial charge is 0.223 e. The zero-order valence-corrected chi connectivity index (χ0v) is 16.5. The van der Waals surface area contributed by atoms with Gasteiger partial charge in [-0.1, -0.05) is 6.07 Å². The first-order valence-electron chi connectivity index (χ1n) is 9.13. The minimum Gasteiger partial charge on any atom is -0.494 e. The number of carbonyl (C=O) groups excluding carboxylic acids is 2. The number of methoxy groups -OCH3 is 1. The Kier molecular flexibility index (Phi) is 10.1. The number of likely N-dealkylation sites (tertiary alicyclic amines) is 1. The van der Waals surface area contributed by atoms with E-state index in [2.05, 4.69) is 5.32 Å². The number of rotatable bonds is 8. The maximum atomic E-state index is 13.8. The molecule has 152 valence electrons. The number of aryl methyl sites for hydroxylation is 1. The number of hydrogen-bond acceptors (Lipinski definition) is 4. The molecule has 27 heavy (non-hydrogen) atoms. The van der Waals surface area contributed by atoms with E-state index in [1.165, 1.54) is 13.2 Å². The van der Waals surface area contributed by atoms with Gasteiger partial charge in [-0.3, -0.25) is 9.59 Å². The number of nitrogens with one attached hydrogen (secondary N) is 1. The van der Waals surface area contributed by atoms with Crippen LogP contribution >= 0.6 is 12.4 Å². The first-order valence-corrected chi connectivity index (χ1v) is 9.13. The van der Waals surface area contributed by atoms with E-state index < -0.39 is 5.82 Å². The summed E-state index contributed by atoms with van der Waals surface area (Å²) in [6.45, 7) is 1.48. The maximum absolute atomic E-state index is 13.8. The van der Waals surface area contributed by atoms with Crippen molar-refractivity contribution in [1.29, 1.82) is 0 Å². The van der Waals surface area contributed by atoms with Crippen molar-refractivity contribution in [3.63, 3.8) is 0 Å². The van der Waals surface area contributed by atoms with Gasteiger partial charge >= 0.3 is 0 Å². The van der Waals surface area contributed by atoms with Gasteiger partial charge < -0.3 is 20.7 Å². The highest BCUT2D eigenvalue weighted by molar-refractivity contribution is 5.85. The van der Waals surface area contributed by atoms with Crippen LogP contribution in [-0.4, -0.2) is 49.5 Å². The lowest BCUT2D eigenvalue weighted by atomic mass is 10.0. The van der Waals surface area contributed by atoms with Crippen LogP contribution in [0.4, 0.5) is 4.39 Å². The Labute approximate surface area is 166 Å². The monoisotopic (exact) mass is 401 g/mol. The van der Waals surface area contributed by atoms with Crippen molar-refractivity contribution >= 4 is 24.2 Å². The average molecular weight is 402 g/mol. The Morgan fingerprint density at radius 1 is 1.33 bits per heavy atom. The van der Waals surface area contributed by atoms with E-state index in [0.717, 1.165) is 24.8 Å². The summed E-state index contributed by atoms with van der Waals surface area (Å²) in [7, 11) is 1.42. The lowest BCUT2D eigenvalue weighted by molar-refractivity contribution is -0.135. The van der Waals surface area contributed by atoms with Gasteiger partial charge in [0, 0.05) is 38.5 Å². The van der Waals surface area contributed by atoms with Gasteiger partial charge in [0.1, 0.15) is 0 Å². The summed E-state index contributed by atoms with van der Waals surface area (Å²) in [5.74, 6) is -0.265. The zero-order chi connectivity index (χ0) is 18.9. The molecular weight excluding hydrogens is 373 g/mol. The van der Waals surface area contributed by atoms with Gasteiger partial charge in [-0.2, -0.15) is 0 Å². The van der Waals surface area contributed by atoms with E-state index in [0.29, 0.717) is 38.9 Å². The van der Waals surface area contributed by atoms with Crippen LogP contribution in [0.3, 0.4) is 0 Å². The lowest BCUT2D eigenvalue weighted by Crippen LogP contribution is -2.49. The van der Waals surface area contributed by atoms with E-state index in [9.17, 15) is 14.0 Å². The minimum atomic E-state index is -0.420. The summed E-state index contributed by atoms with van der Waals surface area (Å²) in [4.78, 5) is 26.1. The number of halogens is 2. The maximum Gasteiger partial charge on any atom is 0.223 e. The molecule has 0 radical (unpaired) electrons. The third-order valence-electron chi connectivity index (χ3n) is 4.70. The number of amides is 2. The molecule has 0 saturated carbocycles. The van der Waals surface area contributed by atoms with Crippen molar-refractivity contribution < 1.29 is 18.7 Å².